The lowest BCUT2D eigenvalue weighted by Gasteiger charge is -2.13. The molecule has 0 spiro atoms. The largest absolute Gasteiger partial charge is 0.468 e. The molecule has 0 aliphatic carbocycles. The van der Waals surface area contributed by atoms with Crippen molar-refractivity contribution < 1.29 is 18.8 Å². The van der Waals surface area contributed by atoms with Crippen LogP contribution in [0.2, 0.25) is 0 Å². The van der Waals surface area contributed by atoms with E-state index in [1.54, 1.807) is 26.0 Å². The molecule has 35 heavy (non-hydrogen) atoms. The number of methoxy groups -OCH3 is 1. The van der Waals surface area contributed by atoms with Crippen LogP contribution < -0.4 is 10.2 Å². The fraction of sp³-hybridized carbons (Fsp3) is 0.321. The molecule has 1 saturated heterocycles. The topological polar surface area (TPSA) is 91.8 Å². The molecule has 3 rings (SSSR count). The molecule has 1 atom stereocenters. The number of benzene rings is 1. The summed E-state index contributed by atoms with van der Waals surface area (Å²) in [6.45, 7) is 9.97. The van der Waals surface area contributed by atoms with Crippen LogP contribution in [0.1, 0.15) is 55.7 Å². The molecule has 0 unspecified atom stereocenters. The molecule has 2 aromatic rings. The minimum atomic E-state index is -0.404. The van der Waals surface area contributed by atoms with Crippen LogP contribution in [-0.4, -0.2) is 18.6 Å². The van der Waals surface area contributed by atoms with E-state index >= 15 is 0 Å². The Balaban J connectivity index is 1.71. The summed E-state index contributed by atoms with van der Waals surface area (Å²) in [5, 5.41) is 10.8. The predicted octanol–water partition coefficient (Wildman–Crippen LogP) is 6.56. The normalized spacial score (nSPS) is 18.3. The molecule has 184 valence electrons. The smallest absolute Gasteiger partial charge is 0.291 e. The van der Waals surface area contributed by atoms with Crippen LogP contribution in [0, 0.1) is 24.0 Å². The number of nitro groups is 1. The third-order valence-electron chi connectivity index (χ3n) is 5.80. The van der Waals surface area contributed by atoms with Crippen LogP contribution in [0.15, 0.2) is 74.0 Å². The maximum Gasteiger partial charge on any atom is 0.291 e. The van der Waals surface area contributed by atoms with Crippen LogP contribution in [0.25, 0.3) is 6.08 Å². The number of non-ortho nitro benzene ring substituents is 1. The van der Waals surface area contributed by atoms with E-state index in [1.807, 2.05) is 26.8 Å². The van der Waals surface area contributed by atoms with Crippen LogP contribution in [0.5, 0.6) is 5.95 Å². The van der Waals surface area contributed by atoms with Gasteiger partial charge in [-0.05, 0) is 57.9 Å². The maximum absolute atomic E-state index is 12.5. The number of rotatable bonds is 7. The van der Waals surface area contributed by atoms with Gasteiger partial charge in [-0.2, -0.15) is 0 Å². The van der Waals surface area contributed by atoms with Gasteiger partial charge in [0.25, 0.3) is 11.6 Å². The quantitative estimate of drug-likeness (QED) is 0.255. The van der Waals surface area contributed by atoms with Gasteiger partial charge < -0.3 is 13.9 Å². The molecule has 2 heterocycles. The molecule has 1 fully saturated rings. The van der Waals surface area contributed by atoms with Crippen LogP contribution in [0.4, 0.5) is 5.69 Å². The van der Waals surface area contributed by atoms with Gasteiger partial charge >= 0.3 is 0 Å². The van der Waals surface area contributed by atoms with Crippen LogP contribution >= 0.6 is 0 Å². The zero-order chi connectivity index (χ0) is 25.7. The van der Waals surface area contributed by atoms with E-state index in [2.05, 4.69) is 18.2 Å². The molecule has 0 amide bonds. The molecule has 7 nitrogen and oxygen atoms in total. The predicted molar refractivity (Wildman–Crippen MR) is 137 cm³/mol. The highest BCUT2D eigenvalue weighted by Gasteiger charge is 2.28. The summed E-state index contributed by atoms with van der Waals surface area (Å²) in [5.41, 5.74) is 6.23. The first-order chi connectivity index (χ1) is 16.6. The highest BCUT2D eigenvalue weighted by Crippen LogP contribution is 2.35. The molecule has 0 N–H and O–H groups in total. The number of ether oxygens (including phenoxy) is 2. The Morgan fingerprint density at radius 3 is 2.34 bits per heavy atom. The molecule has 0 bridgehead atoms. The van der Waals surface area contributed by atoms with Gasteiger partial charge in [-0.3, -0.25) is 14.9 Å². The first-order valence-corrected chi connectivity index (χ1v) is 11.4. The molecule has 0 saturated carbocycles. The van der Waals surface area contributed by atoms with E-state index in [4.69, 9.17) is 13.9 Å². The van der Waals surface area contributed by atoms with Gasteiger partial charge in [-0.25, -0.2) is 0 Å². The Labute approximate surface area is 205 Å². The van der Waals surface area contributed by atoms with E-state index in [9.17, 15) is 14.9 Å². The van der Waals surface area contributed by atoms with E-state index in [0.29, 0.717) is 29.9 Å². The first kappa shape index (κ1) is 25.9. The number of allylic oxidation sites excluding steroid dienone is 6. The van der Waals surface area contributed by atoms with Gasteiger partial charge in [0.15, 0.2) is 5.43 Å². The fourth-order valence-corrected chi connectivity index (χ4v) is 4.19. The summed E-state index contributed by atoms with van der Waals surface area (Å²) in [7, 11) is 1.48. The number of hydrogen-bond acceptors (Lipinski definition) is 6. The monoisotopic (exact) mass is 477 g/mol. The van der Waals surface area contributed by atoms with Crippen molar-refractivity contribution in [2.75, 3.05) is 13.7 Å². The second-order valence-electron chi connectivity index (χ2n) is 8.86. The van der Waals surface area contributed by atoms with Crippen molar-refractivity contribution in [2.24, 2.45) is 0 Å². The summed E-state index contributed by atoms with van der Waals surface area (Å²) in [6.07, 6.45) is 8.56. The Hall–Kier alpha value is -3.71. The first-order valence-electron chi connectivity index (χ1n) is 11.4. The Morgan fingerprint density at radius 1 is 1.06 bits per heavy atom. The summed E-state index contributed by atoms with van der Waals surface area (Å²) in [5.74, 6) is 0.746. The average Bonchev–Trinajstić information content (AvgIpc) is 3.25. The molecule has 1 aromatic carbocycles. The second kappa shape index (κ2) is 11.1. The van der Waals surface area contributed by atoms with Gasteiger partial charge in [0.1, 0.15) is 11.9 Å². The zero-order valence-corrected chi connectivity index (χ0v) is 21.0. The third kappa shape index (κ3) is 6.45. The Bertz CT molecular complexity index is 1290. The summed E-state index contributed by atoms with van der Waals surface area (Å²) < 4.78 is 17.0. The molecule has 1 aromatic heterocycles. The number of nitro benzene ring substituents is 1. The van der Waals surface area contributed by atoms with Crippen molar-refractivity contribution >= 4 is 11.8 Å². The van der Waals surface area contributed by atoms with Crippen LogP contribution in [-0.2, 0) is 4.74 Å². The highest BCUT2D eigenvalue weighted by molar-refractivity contribution is 5.57. The summed E-state index contributed by atoms with van der Waals surface area (Å²) in [4.78, 5) is 22.9. The standard InChI is InChI=1S/C28H31NO6/c1-17(11-18(2)13-22-7-9-24(10-8-22)29(31)32)12-19(3)14-23-15-25(34-16-23)27-20(4)26(30)21(5)28(33-6)35-27/h7-14,25H,15-16H2,1-6H3/b17-11+,18-13+,19-12+,23-14-/t25-/m0/s1. The number of hydrogen-bond donors (Lipinski definition) is 0. The molecule has 7 heteroatoms. The van der Waals surface area contributed by atoms with Crippen molar-refractivity contribution in [1.82, 2.24) is 0 Å². The zero-order valence-electron chi connectivity index (χ0n) is 21.0. The lowest BCUT2D eigenvalue weighted by Crippen LogP contribution is -2.15. The second-order valence-corrected chi connectivity index (χ2v) is 8.86. The van der Waals surface area contributed by atoms with Gasteiger partial charge in [0.05, 0.1) is 24.2 Å². The molecule has 0 radical (unpaired) electrons. The minimum absolute atomic E-state index is 0.0788. The molecule has 1 aliphatic heterocycles. The van der Waals surface area contributed by atoms with E-state index in [1.165, 1.54) is 19.2 Å². The Morgan fingerprint density at radius 2 is 1.71 bits per heavy atom. The minimum Gasteiger partial charge on any atom is -0.468 e. The van der Waals surface area contributed by atoms with Gasteiger partial charge in [0.2, 0.25) is 0 Å². The highest BCUT2D eigenvalue weighted by atomic mass is 16.6. The lowest BCUT2D eigenvalue weighted by atomic mass is 10.0. The van der Waals surface area contributed by atoms with E-state index < -0.39 is 4.92 Å². The third-order valence-corrected chi connectivity index (χ3v) is 5.80. The molecular weight excluding hydrogens is 446 g/mol. The Kier molecular flexibility index (Phi) is 8.25. The van der Waals surface area contributed by atoms with Gasteiger partial charge in [-0.15, -0.1) is 0 Å². The van der Waals surface area contributed by atoms with Crippen molar-refractivity contribution in [3.8, 4) is 5.95 Å². The molecular formula is C28H31NO6. The van der Waals surface area contributed by atoms with E-state index in [-0.39, 0.29) is 23.2 Å². The van der Waals surface area contributed by atoms with E-state index in [0.717, 1.165) is 27.9 Å². The summed E-state index contributed by atoms with van der Waals surface area (Å²) >= 11 is 0. The van der Waals surface area contributed by atoms with Crippen molar-refractivity contribution in [1.29, 1.82) is 0 Å². The SMILES string of the molecule is COc1oc([C@@H]2C/C(=C/C(C)=C/C(C)=C/C(C)=C/c3ccc([N+](=O)[O-])cc3)CO2)c(C)c(=O)c1C. The lowest BCUT2D eigenvalue weighted by molar-refractivity contribution is -0.384. The average molecular weight is 478 g/mol. The van der Waals surface area contributed by atoms with Crippen LogP contribution in [0.3, 0.4) is 0 Å². The van der Waals surface area contributed by atoms with Crippen molar-refractivity contribution in [3.05, 3.63) is 108 Å². The number of nitrogens with zero attached hydrogens (tertiary/aromatic N) is 1. The fourth-order valence-electron chi connectivity index (χ4n) is 4.19. The van der Waals surface area contributed by atoms with Gasteiger partial charge in [-0.1, -0.05) is 41.0 Å². The van der Waals surface area contributed by atoms with Gasteiger partial charge in [0, 0.05) is 24.1 Å². The molecule has 1 aliphatic rings. The summed E-state index contributed by atoms with van der Waals surface area (Å²) in [6, 6.07) is 6.48. The maximum atomic E-state index is 12.5. The van der Waals surface area contributed by atoms with Crippen molar-refractivity contribution in [2.45, 2.75) is 47.1 Å². The van der Waals surface area contributed by atoms with Crippen molar-refractivity contribution in [3.63, 3.8) is 0 Å².